The number of nitrogens with one attached hydrogen (secondary N) is 1. The first-order chi connectivity index (χ1) is 8.08. The summed E-state index contributed by atoms with van der Waals surface area (Å²) < 4.78 is 0. The highest BCUT2D eigenvalue weighted by molar-refractivity contribution is 6.30. The molecule has 18 heavy (non-hydrogen) atoms. The number of nitrogens with zero attached hydrogens (tertiary/aromatic N) is 1. The second kappa shape index (κ2) is 8.35. The van der Waals surface area contributed by atoms with Crippen LogP contribution in [0.3, 0.4) is 0 Å². The van der Waals surface area contributed by atoms with Crippen molar-refractivity contribution in [2.75, 3.05) is 31.6 Å². The maximum Gasteiger partial charge on any atom is 0.281 e. The highest BCUT2D eigenvalue weighted by atomic mass is 35.5. The molecule has 0 bridgehead atoms. The van der Waals surface area contributed by atoms with Crippen molar-refractivity contribution in [2.24, 2.45) is 0 Å². The minimum Gasteiger partial charge on any atom is -1.00 e. The molecule has 1 aromatic carbocycles. The Bertz CT molecular complexity index is 364. The molecule has 3 nitrogen and oxygen atoms in total. The van der Waals surface area contributed by atoms with Crippen molar-refractivity contribution < 1.29 is 22.1 Å². The fraction of sp³-hybridized carbons (Fsp3) is 0.462. The average Bonchev–Trinajstić information content (AvgIpc) is 2.35. The van der Waals surface area contributed by atoms with Crippen LogP contribution in [0, 0.1) is 0 Å². The van der Waals surface area contributed by atoms with Gasteiger partial charge in [-0.15, -0.1) is 0 Å². The monoisotopic (exact) mass is 290 g/mol. The summed E-state index contributed by atoms with van der Waals surface area (Å²) >= 11 is 5.82. The first-order valence-electron chi connectivity index (χ1n) is 5.94. The zero-order valence-electron chi connectivity index (χ0n) is 11.0. The molecule has 5 heteroatoms. The van der Waals surface area contributed by atoms with Gasteiger partial charge in [-0.1, -0.05) is 11.6 Å². The predicted octanol–water partition coefficient (Wildman–Crippen LogP) is -1.77. The molecule has 1 amide bonds. The average molecular weight is 291 g/mol. The molecule has 0 aliphatic rings. The van der Waals surface area contributed by atoms with Crippen molar-refractivity contribution in [1.82, 2.24) is 0 Å². The smallest absolute Gasteiger partial charge is 0.281 e. The molecule has 0 aliphatic heterocycles. The Morgan fingerprint density at radius 2 is 1.72 bits per heavy atom. The molecule has 102 valence electrons. The van der Waals surface area contributed by atoms with Crippen LogP contribution in [0.1, 0.15) is 13.8 Å². The summed E-state index contributed by atoms with van der Waals surface area (Å²) in [5.74, 6) is 0.131. The quantitative estimate of drug-likeness (QED) is 0.682. The number of carbonyl (C=O) groups is 1. The van der Waals surface area contributed by atoms with Gasteiger partial charge in [-0.25, -0.2) is 0 Å². The number of carbonyl (C=O) groups excluding carboxylic acids is 1. The summed E-state index contributed by atoms with van der Waals surface area (Å²) in [7, 11) is 1.80. The van der Waals surface area contributed by atoms with Gasteiger partial charge in [-0.3, -0.25) is 4.79 Å². The van der Waals surface area contributed by atoms with Crippen LogP contribution in [-0.4, -0.2) is 32.6 Å². The fourth-order valence-corrected chi connectivity index (χ4v) is 1.77. The molecule has 0 heterocycles. The lowest BCUT2D eigenvalue weighted by molar-refractivity contribution is -0.888. The molecule has 0 saturated heterocycles. The number of benzene rings is 1. The highest BCUT2D eigenvalue weighted by Crippen LogP contribution is 2.16. The minimum atomic E-state index is 0. The molecular weight excluding hydrogens is 271 g/mol. The van der Waals surface area contributed by atoms with Gasteiger partial charge in [0.15, 0.2) is 6.54 Å². The third kappa shape index (κ3) is 4.84. The molecule has 0 unspecified atom stereocenters. The fourth-order valence-electron chi connectivity index (χ4n) is 1.64. The first-order valence-corrected chi connectivity index (χ1v) is 6.32. The first kappa shape index (κ1) is 17.2. The van der Waals surface area contributed by atoms with Crippen molar-refractivity contribution in [3.8, 4) is 0 Å². The Balaban J connectivity index is 0.00000289. The number of likely N-dealkylation sites (N-methyl/N-ethyl adjacent to an activating group) is 2. The summed E-state index contributed by atoms with van der Waals surface area (Å²) in [4.78, 5) is 15.0. The van der Waals surface area contributed by atoms with Crippen LogP contribution in [0.4, 0.5) is 5.69 Å². The van der Waals surface area contributed by atoms with Gasteiger partial charge in [-0.2, -0.15) is 0 Å². The Morgan fingerprint density at radius 1 is 1.22 bits per heavy atom. The number of halogens is 2. The molecule has 1 aromatic rings. The summed E-state index contributed by atoms with van der Waals surface area (Å²) in [5.41, 5.74) is 0.881. The van der Waals surface area contributed by atoms with E-state index in [0.29, 0.717) is 11.6 Å². The second-order valence-electron chi connectivity index (χ2n) is 4.06. The molecule has 0 atom stereocenters. The predicted molar refractivity (Wildman–Crippen MR) is 71.8 cm³/mol. The molecule has 0 aromatic heterocycles. The lowest BCUT2D eigenvalue weighted by Gasteiger charge is -2.21. The van der Waals surface area contributed by atoms with E-state index in [4.69, 9.17) is 11.6 Å². The number of quaternary nitrogens is 1. The van der Waals surface area contributed by atoms with E-state index in [9.17, 15) is 4.79 Å². The minimum absolute atomic E-state index is 0. The maximum atomic E-state index is 12.0. The topological polar surface area (TPSA) is 24.8 Å². The summed E-state index contributed by atoms with van der Waals surface area (Å²) in [6, 6.07) is 7.31. The van der Waals surface area contributed by atoms with Crippen molar-refractivity contribution in [1.29, 1.82) is 0 Å². The van der Waals surface area contributed by atoms with Crippen LogP contribution in [0.15, 0.2) is 24.3 Å². The van der Waals surface area contributed by atoms with Gasteiger partial charge in [0.05, 0.1) is 13.1 Å². The van der Waals surface area contributed by atoms with Gasteiger partial charge < -0.3 is 22.2 Å². The Morgan fingerprint density at radius 3 is 2.17 bits per heavy atom. The van der Waals surface area contributed by atoms with E-state index < -0.39 is 0 Å². The van der Waals surface area contributed by atoms with Crippen LogP contribution >= 0.6 is 11.6 Å². The standard InChI is InChI=1S/C13H19ClN2O.ClH/c1-4-16(5-2)10-13(17)15(3)12-8-6-11(14)7-9-12;/h6-9H,4-5,10H2,1-3H3;1H. The zero-order chi connectivity index (χ0) is 12.8. The molecule has 1 rings (SSSR count). The summed E-state index contributed by atoms with van der Waals surface area (Å²) in [5, 5.41) is 0.684. The number of hydrogen-bond donors (Lipinski definition) is 1. The number of amides is 1. The van der Waals surface area contributed by atoms with E-state index in [1.165, 1.54) is 4.90 Å². The van der Waals surface area contributed by atoms with Crippen molar-refractivity contribution in [3.05, 3.63) is 29.3 Å². The molecular formula is C13H20Cl2N2O. The Kier molecular flexibility index (Phi) is 8.00. The normalized spacial score (nSPS) is 10.1. The molecule has 1 N–H and O–H groups in total. The third-order valence-electron chi connectivity index (χ3n) is 2.99. The number of anilines is 1. The van der Waals surface area contributed by atoms with Gasteiger partial charge in [0.25, 0.3) is 5.91 Å². The van der Waals surface area contributed by atoms with E-state index in [2.05, 4.69) is 13.8 Å². The maximum absolute atomic E-state index is 12.0. The lowest BCUT2D eigenvalue weighted by atomic mass is 10.3. The molecule has 0 aliphatic carbocycles. The van der Waals surface area contributed by atoms with E-state index in [1.807, 2.05) is 12.1 Å². The van der Waals surface area contributed by atoms with Gasteiger partial charge >= 0.3 is 0 Å². The zero-order valence-corrected chi connectivity index (χ0v) is 12.6. The van der Waals surface area contributed by atoms with E-state index >= 15 is 0 Å². The molecule has 0 saturated carbocycles. The van der Waals surface area contributed by atoms with Crippen LogP contribution < -0.4 is 22.2 Å². The SMILES string of the molecule is CC[NH+](CC)CC(=O)N(C)c1ccc(Cl)cc1.[Cl-]. The van der Waals surface area contributed by atoms with Gasteiger partial charge in [0.2, 0.25) is 0 Å². The largest absolute Gasteiger partial charge is 1.00 e. The van der Waals surface area contributed by atoms with E-state index in [1.54, 1.807) is 24.1 Å². The van der Waals surface area contributed by atoms with Gasteiger partial charge in [-0.05, 0) is 38.1 Å². The van der Waals surface area contributed by atoms with Crippen molar-refractivity contribution >= 4 is 23.2 Å². The van der Waals surface area contributed by atoms with Gasteiger partial charge in [0.1, 0.15) is 0 Å². The second-order valence-corrected chi connectivity index (χ2v) is 4.50. The van der Waals surface area contributed by atoms with Gasteiger partial charge in [0, 0.05) is 17.8 Å². The molecule has 0 fully saturated rings. The molecule has 0 radical (unpaired) electrons. The van der Waals surface area contributed by atoms with Crippen LogP contribution in [-0.2, 0) is 4.79 Å². The van der Waals surface area contributed by atoms with Crippen LogP contribution in [0.2, 0.25) is 5.02 Å². The van der Waals surface area contributed by atoms with Crippen LogP contribution in [0.25, 0.3) is 0 Å². The highest BCUT2D eigenvalue weighted by Gasteiger charge is 2.16. The number of hydrogen-bond acceptors (Lipinski definition) is 1. The lowest BCUT2D eigenvalue weighted by Crippen LogP contribution is -3.12. The van der Waals surface area contributed by atoms with Crippen LogP contribution in [0.5, 0.6) is 0 Å². The van der Waals surface area contributed by atoms with E-state index in [0.717, 1.165) is 18.8 Å². The number of rotatable bonds is 5. The summed E-state index contributed by atoms with van der Waals surface area (Å²) in [6.45, 7) is 6.66. The van der Waals surface area contributed by atoms with E-state index in [-0.39, 0.29) is 18.3 Å². The Hall–Kier alpha value is -0.770. The molecule has 0 spiro atoms. The van der Waals surface area contributed by atoms with Crippen molar-refractivity contribution in [3.63, 3.8) is 0 Å². The van der Waals surface area contributed by atoms with Crippen molar-refractivity contribution in [2.45, 2.75) is 13.8 Å². The summed E-state index contributed by atoms with van der Waals surface area (Å²) in [6.07, 6.45) is 0. The Labute approximate surface area is 120 Å². The third-order valence-corrected chi connectivity index (χ3v) is 3.24.